The smallest absolute Gasteiger partial charge is 0.315 e. The molecule has 1 saturated carbocycles. The van der Waals surface area contributed by atoms with Gasteiger partial charge in [-0.25, -0.2) is 9.18 Å². The van der Waals surface area contributed by atoms with Gasteiger partial charge in [-0.3, -0.25) is 10.9 Å². The molecule has 0 radical (unpaired) electrons. The largest absolute Gasteiger partial charge is 0.338 e. The molecule has 5 nitrogen and oxygen atoms in total. The number of benzene rings is 1. The molecule has 4 atom stereocenters. The molecule has 1 saturated heterocycles. The van der Waals surface area contributed by atoms with Crippen LogP contribution in [0.5, 0.6) is 0 Å². The molecular weight excluding hydrogens is 271 g/mol. The van der Waals surface area contributed by atoms with Gasteiger partial charge in [-0.15, -0.1) is 0 Å². The Kier molecular flexibility index (Phi) is 4.07. The average Bonchev–Trinajstić information content (AvgIpc) is 3.09. The van der Waals surface area contributed by atoms with Gasteiger partial charge in [0.05, 0.1) is 0 Å². The SMILES string of the molecule is CC1NNCC1CNC(=O)N[C@@H]1C[C@H]1c1cccc(F)c1. The summed E-state index contributed by atoms with van der Waals surface area (Å²) in [6.07, 6.45) is 0.875. The molecule has 1 heterocycles. The van der Waals surface area contributed by atoms with E-state index in [1.807, 2.05) is 6.07 Å². The Morgan fingerprint density at radius 3 is 3.05 bits per heavy atom. The van der Waals surface area contributed by atoms with Crippen LogP contribution in [-0.4, -0.2) is 31.2 Å². The fraction of sp³-hybridized carbons (Fsp3) is 0.533. The summed E-state index contributed by atoms with van der Waals surface area (Å²) < 4.78 is 13.2. The van der Waals surface area contributed by atoms with Crippen molar-refractivity contribution < 1.29 is 9.18 Å². The highest BCUT2D eigenvalue weighted by Crippen LogP contribution is 2.40. The van der Waals surface area contributed by atoms with Gasteiger partial charge in [0.2, 0.25) is 0 Å². The summed E-state index contributed by atoms with van der Waals surface area (Å²) >= 11 is 0. The van der Waals surface area contributed by atoms with E-state index in [1.165, 1.54) is 6.07 Å². The van der Waals surface area contributed by atoms with Crippen molar-refractivity contribution in [1.82, 2.24) is 21.5 Å². The molecule has 4 N–H and O–H groups in total. The van der Waals surface area contributed by atoms with E-state index in [1.54, 1.807) is 12.1 Å². The topological polar surface area (TPSA) is 65.2 Å². The van der Waals surface area contributed by atoms with Crippen LogP contribution in [0.1, 0.15) is 24.8 Å². The van der Waals surface area contributed by atoms with Gasteiger partial charge in [0, 0.05) is 37.0 Å². The first kappa shape index (κ1) is 14.3. The number of hydrogen-bond acceptors (Lipinski definition) is 3. The monoisotopic (exact) mass is 292 g/mol. The number of halogens is 1. The lowest BCUT2D eigenvalue weighted by molar-refractivity contribution is 0.238. The molecule has 0 bridgehead atoms. The zero-order valence-corrected chi connectivity index (χ0v) is 12.0. The van der Waals surface area contributed by atoms with E-state index >= 15 is 0 Å². The third-order valence-corrected chi connectivity index (χ3v) is 4.31. The summed E-state index contributed by atoms with van der Waals surface area (Å²) in [5, 5.41) is 5.85. The van der Waals surface area contributed by atoms with Crippen molar-refractivity contribution >= 4 is 6.03 Å². The first-order valence-corrected chi connectivity index (χ1v) is 7.41. The predicted octanol–water partition coefficient (Wildman–Crippen LogP) is 1.09. The number of carbonyl (C=O) groups excluding carboxylic acids is 1. The molecule has 2 aliphatic rings. The molecule has 114 valence electrons. The van der Waals surface area contributed by atoms with Crippen LogP contribution in [-0.2, 0) is 0 Å². The van der Waals surface area contributed by atoms with Crippen molar-refractivity contribution in [2.24, 2.45) is 5.92 Å². The Balaban J connectivity index is 1.42. The Bertz CT molecular complexity index is 524. The maximum atomic E-state index is 13.2. The molecule has 2 unspecified atom stereocenters. The first-order valence-electron chi connectivity index (χ1n) is 7.41. The Labute approximate surface area is 123 Å². The lowest BCUT2D eigenvalue weighted by Crippen LogP contribution is -2.42. The molecule has 21 heavy (non-hydrogen) atoms. The lowest BCUT2D eigenvalue weighted by Gasteiger charge is -2.15. The van der Waals surface area contributed by atoms with Crippen molar-refractivity contribution in [2.75, 3.05) is 13.1 Å². The summed E-state index contributed by atoms with van der Waals surface area (Å²) in [6.45, 7) is 3.59. The highest BCUT2D eigenvalue weighted by molar-refractivity contribution is 5.74. The van der Waals surface area contributed by atoms with Gasteiger partial charge >= 0.3 is 6.03 Å². The van der Waals surface area contributed by atoms with E-state index < -0.39 is 0 Å². The molecule has 1 aliphatic heterocycles. The Morgan fingerprint density at radius 1 is 1.48 bits per heavy atom. The van der Waals surface area contributed by atoms with Crippen LogP contribution in [0.3, 0.4) is 0 Å². The average molecular weight is 292 g/mol. The maximum Gasteiger partial charge on any atom is 0.315 e. The number of hydrogen-bond donors (Lipinski definition) is 4. The summed E-state index contributed by atoms with van der Waals surface area (Å²) in [7, 11) is 0. The standard InChI is InChI=1S/C15H21FN4O/c1-9-11(8-18-20-9)7-17-15(21)19-14-6-13(14)10-3-2-4-12(16)5-10/h2-5,9,11,13-14,18,20H,6-8H2,1H3,(H2,17,19,21)/t9?,11?,13-,14+/m0/s1. The van der Waals surface area contributed by atoms with E-state index in [4.69, 9.17) is 0 Å². The van der Waals surface area contributed by atoms with Gasteiger partial charge in [-0.05, 0) is 31.0 Å². The second kappa shape index (κ2) is 5.99. The van der Waals surface area contributed by atoms with Crippen LogP contribution in [0.4, 0.5) is 9.18 Å². The molecule has 0 spiro atoms. The zero-order chi connectivity index (χ0) is 14.8. The number of carbonyl (C=O) groups is 1. The fourth-order valence-corrected chi connectivity index (χ4v) is 2.80. The van der Waals surface area contributed by atoms with Crippen LogP contribution in [0, 0.1) is 11.7 Å². The van der Waals surface area contributed by atoms with Gasteiger partial charge in [0.15, 0.2) is 0 Å². The number of amides is 2. The molecule has 1 aromatic rings. The molecule has 1 aromatic carbocycles. The van der Waals surface area contributed by atoms with Gasteiger partial charge < -0.3 is 10.6 Å². The van der Waals surface area contributed by atoms with Crippen LogP contribution in [0.15, 0.2) is 24.3 Å². The molecule has 3 rings (SSSR count). The molecular formula is C15H21FN4O. The predicted molar refractivity (Wildman–Crippen MR) is 78.2 cm³/mol. The Hall–Kier alpha value is -1.66. The van der Waals surface area contributed by atoms with Crippen molar-refractivity contribution in [3.8, 4) is 0 Å². The lowest BCUT2D eigenvalue weighted by atomic mass is 10.0. The van der Waals surface area contributed by atoms with Crippen LogP contribution < -0.4 is 21.5 Å². The van der Waals surface area contributed by atoms with E-state index in [0.717, 1.165) is 18.5 Å². The third-order valence-electron chi connectivity index (χ3n) is 4.31. The van der Waals surface area contributed by atoms with Crippen molar-refractivity contribution in [3.63, 3.8) is 0 Å². The minimum Gasteiger partial charge on any atom is -0.338 e. The number of nitrogens with one attached hydrogen (secondary N) is 4. The molecule has 2 fully saturated rings. The summed E-state index contributed by atoms with van der Waals surface area (Å²) in [5.74, 6) is 0.409. The zero-order valence-electron chi connectivity index (χ0n) is 12.0. The van der Waals surface area contributed by atoms with Crippen LogP contribution in [0.2, 0.25) is 0 Å². The molecule has 1 aliphatic carbocycles. The van der Waals surface area contributed by atoms with Crippen molar-refractivity contribution in [3.05, 3.63) is 35.6 Å². The van der Waals surface area contributed by atoms with Gasteiger partial charge in [-0.1, -0.05) is 12.1 Å². The van der Waals surface area contributed by atoms with Crippen molar-refractivity contribution in [2.45, 2.75) is 31.3 Å². The van der Waals surface area contributed by atoms with Crippen molar-refractivity contribution in [1.29, 1.82) is 0 Å². The fourth-order valence-electron chi connectivity index (χ4n) is 2.80. The first-order chi connectivity index (χ1) is 10.1. The quantitative estimate of drug-likeness (QED) is 0.672. The highest BCUT2D eigenvalue weighted by Gasteiger charge is 2.39. The molecule has 2 amide bonds. The number of urea groups is 1. The van der Waals surface area contributed by atoms with E-state index in [0.29, 0.717) is 18.5 Å². The van der Waals surface area contributed by atoms with E-state index in [-0.39, 0.29) is 23.8 Å². The van der Waals surface area contributed by atoms with Gasteiger partial charge in [0.1, 0.15) is 5.82 Å². The second-order valence-corrected chi connectivity index (χ2v) is 5.93. The van der Waals surface area contributed by atoms with E-state index in [9.17, 15) is 9.18 Å². The summed E-state index contributed by atoms with van der Waals surface area (Å²) in [5.41, 5.74) is 7.16. The third kappa shape index (κ3) is 3.51. The highest BCUT2D eigenvalue weighted by atomic mass is 19.1. The maximum absolute atomic E-state index is 13.2. The number of hydrazine groups is 1. The second-order valence-electron chi connectivity index (χ2n) is 5.93. The summed E-state index contributed by atoms with van der Waals surface area (Å²) in [6, 6.07) is 6.92. The minimum absolute atomic E-state index is 0.115. The number of rotatable bonds is 4. The van der Waals surface area contributed by atoms with E-state index in [2.05, 4.69) is 28.4 Å². The Morgan fingerprint density at radius 2 is 2.33 bits per heavy atom. The van der Waals surface area contributed by atoms with Crippen LogP contribution >= 0.6 is 0 Å². The molecule has 0 aromatic heterocycles. The normalized spacial score (nSPS) is 31.0. The van der Waals surface area contributed by atoms with Gasteiger partial charge in [0.25, 0.3) is 0 Å². The minimum atomic E-state index is -0.224. The molecule has 6 heteroatoms. The summed E-state index contributed by atoms with van der Waals surface area (Å²) in [4.78, 5) is 11.9. The van der Waals surface area contributed by atoms with Gasteiger partial charge in [-0.2, -0.15) is 0 Å². The van der Waals surface area contributed by atoms with Crippen LogP contribution in [0.25, 0.3) is 0 Å².